The van der Waals surface area contributed by atoms with E-state index in [4.69, 9.17) is 5.11 Å². The molecule has 14 heavy (non-hydrogen) atoms. The molecule has 0 radical (unpaired) electrons. The largest absolute Gasteiger partial charge is 0.480 e. The average molecular weight is 215 g/mol. The van der Waals surface area contributed by atoms with Gasteiger partial charge in [-0.1, -0.05) is 6.92 Å². The minimum Gasteiger partial charge on any atom is -0.480 e. The van der Waals surface area contributed by atoms with Crippen LogP contribution >= 0.6 is 11.8 Å². The summed E-state index contributed by atoms with van der Waals surface area (Å²) in [6.45, 7) is 2.28. The number of carboxylic acid groups (broad SMARTS) is 1. The van der Waals surface area contributed by atoms with Crippen molar-refractivity contribution in [3.8, 4) is 0 Å². The maximum Gasteiger partial charge on any atom is 0.321 e. The van der Waals surface area contributed by atoms with Crippen LogP contribution in [0.1, 0.15) is 32.6 Å². The van der Waals surface area contributed by atoms with E-state index in [-0.39, 0.29) is 10.9 Å². The Morgan fingerprint density at radius 3 is 2.64 bits per heavy atom. The highest BCUT2D eigenvalue weighted by Crippen LogP contribution is 2.43. The first-order chi connectivity index (χ1) is 6.61. The number of nitrogens with one attached hydrogen (secondary N) is 1. The van der Waals surface area contributed by atoms with E-state index >= 15 is 0 Å². The van der Waals surface area contributed by atoms with Gasteiger partial charge in [0.1, 0.15) is 6.04 Å². The fraction of sp³-hybridized carbons (Fsp3) is 0.900. The highest BCUT2D eigenvalue weighted by Gasteiger charge is 2.43. The molecule has 1 spiro atoms. The third-order valence-corrected chi connectivity index (χ3v) is 4.92. The molecule has 3 nitrogen and oxygen atoms in total. The van der Waals surface area contributed by atoms with E-state index < -0.39 is 5.97 Å². The number of hydrogen-bond donors (Lipinski definition) is 2. The predicted octanol–water partition coefficient (Wildman–Crippen LogP) is 1.68. The molecule has 2 rings (SSSR count). The molecule has 1 aliphatic carbocycles. The number of hydrogen-bond acceptors (Lipinski definition) is 3. The van der Waals surface area contributed by atoms with E-state index in [1.54, 1.807) is 0 Å². The van der Waals surface area contributed by atoms with Crippen LogP contribution in [0.3, 0.4) is 0 Å². The second-order valence-corrected chi connectivity index (χ2v) is 5.93. The van der Waals surface area contributed by atoms with E-state index in [0.29, 0.717) is 0 Å². The molecule has 1 atom stereocenters. The molecule has 0 aromatic carbocycles. The highest BCUT2D eigenvalue weighted by molar-refractivity contribution is 8.00. The molecule has 1 aliphatic heterocycles. The van der Waals surface area contributed by atoms with Crippen molar-refractivity contribution in [3.63, 3.8) is 0 Å². The second-order valence-electron chi connectivity index (χ2n) is 4.52. The molecule has 0 aromatic heterocycles. The summed E-state index contributed by atoms with van der Waals surface area (Å²) in [4.78, 5) is 10.9. The molecule has 1 saturated heterocycles. The summed E-state index contributed by atoms with van der Waals surface area (Å²) in [5.74, 6) is 0.837. The summed E-state index contributed by atoms with van der Waals surface area (Å²) < 4.78 is 0. The van der Waals surface area contributed by atoms with Crippen LogP contribution in [-0.2, 0) is 4.79 Å². The van der Waals surface area contributed by atoms with E-state index in [2.05, 4.69) is 12.2 Å². The normalized spacial score (nSPS) is 42.9. The maximum absolute atomic E-state index is 10.8. The van der Waals surface area contributed by atoms with Gasteiger partial charge in [0.15, 0.2) is 0 Å². The molecule has 0 aromatic rings. The third-order valence-electron chi connectivity index (χ3n) is 3.34. The van der Waals surface area contributed by atoms with Crippen molar-refractivity contribution in [1.29, 1.82) is 0 Å². The lowest BCUT2D eigenvalue weighted by Gasteiger charge is -2.35. The lowest BCUT2D eigenvalue weighted by molar-refractivity contribution is -0.139. The van der Waals surface area contributed by atoms with Gasteiger partial charge in [0.25, 0.3) is 0 Å². The summed E-state index contributed by atoms with van der Waals surface area (Å²) in [5, 5.41) is 12.2. The van der Waals surface area contributed by atoms with Gasteiger partial charge in [-0.05, 0) is 31.6 Å². The Hall–Kier alpha value is -0.220. The van der Waals surface area contributed by atoms with Crippen molar-refractivity contribution in [1.82, 2.24) is 5.32 Å². The van der Waals surface area contributed by atoms with Gasteiger partial charge in [0.05, 0.1) is 4.87 Å². The Morgan fingerprint density at radius 1 is 1.50 bits per heavy atom. The molecule has 2 fully saturated rings. The second kappa shape index (κ2) is 3.74. The summed E-state index contributed by atoms with van der Waals surface area (Å²) in [7, 11) is 0. The topological polar surface area (TPSA) is 49.3 Å². The first-order valence-electron chi connectivity index (χ1n) is 5.26. The zero-order valence-electron chi connectivity index (χ0n) is 8.45. The molecule has 0 bridgehead atoms. The highest BCUT2D eigenvalue weighted by atomic mass is 32.2. The summed E-state index contributed by atoms with van der Waals surface area (Å²) in [5.41, 5.74) is 0. The van der Waals surface area contributed by atoms with Crippen LogP contribution in [0, 0.1) is 5.92 Å². The number of carbonyl (C=O) groups is 1. The number of aliphatic carboxylic acids is 1. The van der Waals surface area contributed by atoms with Gasteiger partial charge in [-0.3, -0.25) is 10.1 Å². The predicted molar refractivity (Wildman–Crippen MR) is 57.4 cm³/mol. The molecule has 1 heterocycles. The van der Waals surface area contributed by atoms with Gasteiger partial charge in [-0.2, -0.15) is 0 Å². The first-order valence-corrected chi connectivity index (χ1v) is 6.24. The Balaban J connectivity index is 1.96. The minimum absolute atomic E-state index is 0.0928. The van der Waals surface area contributed by atoms with Crippen molar-refractivity contribution in [2.24, 2.45) is 5.92 Å². The smallest absolute Gasteiger partial charge is 0.321 e. The lowest BCUT2D eigenvalue weighted by Crippen LogP contribution is -2.46. The summed E-state index contributed by atoms with van der Waals surface area (Å²) >= 11 is 1.81. The summed E-state index contributed by atoms with van der Waals surface area (Å²) in [6.07, 6.45) is 4.71. The molecule has 80 valence electrons. The zero-order valence-corrected chi connectivity index (χ0v) is 9.27. The zero-order chi connectivity index (χ0) is 10.2. The van der Waals surface area contributed by atoms with E-state index in [0.717, 1.165) is 24.5 Å². The molecular weight excluding hydrogens is 198 g/mol. The Bertz CT molecular complexity index is 236. The van der Waals surface area contributed by atoms with Crippen molar-refractivity contribution in [2.45, 2.75) is 43.5 Å². The fourth-order valence-electron chi connectivity index (χ4n) is 2.29. The lowest BCUT2D eigenvalue weighted by atomic mass is 9.86. The van der Waals surface area contributed by atoms with Gasteiger partial charge in [-0.15, -0.1) is 11.8 Å². The molecule has 2 aliphatic rings. The van der Waals surface area contributed by atoms with Gasteiger partial charge in [0, 0.05) is 5.75 Å². The number of thioether (sulfide) groups is 1. The van der Waals surface area contributed by atoms with E-state index in [9.17, 15) is 4.79 Å². The number of rotatable bonds is 1. The van der Waals surface area contributed by atoms with Crippen LogP contribution in [0.2, 0.25) is 0 Å². The SMILES string of the molecule is CC1CCC2(CC1)NC(C(=O)O)CS2. The molecule has 1 unspecified atom stereocenters. The Kier molecular flexibility index (Phi) is 2.75. The Labute approximate surface area is 88.6 Å². The first kappa shape index (κ1) is 10.3. The standard InChI is InChI=1S/C10H17NO2S/c1-7-2-4-10(5-3-7)11-8(6-14-10)9(12)13/h7-8,11H,2-6H2,1H3,(H,12,13). The fourth-order valence-corrected chi connectivity index (χ4v) is 3.76. The third kappa shape index (κ3) is 1.91. The maximum atomic E-state index is 10.8. The van der Waals surface area contributed by atoms with E-state index in [1.807, 2.05) is 11.8 Å². The van der Waals surface area contributed by atoms with Crippen molar-refractivity contribution in [3.05, 3.63) is 0 Å². The van der Waals surface area contributed by atoms with Gasteiger partial charge in [0.2, 0.25) is 0 Å². The van der Waals surface area contributed by atoms with Crippen LogP contribution < -0.4 is 5.32 Å². The molecule has 0 amide bonds. The molecule has 2 N–H and O–H groups in total. The monoisotopic (exact) mass is 215 g/mol. The summed E-state index contributed by atoms with van der Waals surface area (Å²) in [6, 6.07) is -0.326. The van der Waals surface area contributed by atoms with Crippen LogP contribution in [0.25, 0.3) is 0 Å². The molecule has 4 heteroatoms. The van der Waals surface area contributed by atoms with Crippen molar-refractivity contribution in [2.75, 3.05) is 5.75 Å². The molecular formula is C10H17NO2S. The van der Waals surface area contributed by atoms with Gasteiger partial charge < -0.3 is 5.11 Å². The van der Waals surface area contributed by atoms with Crippen LogP contribution in [0.4, 0.5) is 0 Å². The minimum atomic E-state index is -0.701. The average Bonchev–Trinajstić information content (AvgIpc) is 2.56. The van der Waals surface area contributed by atoms with Crippen molar-refractivity contribution >= 4 is 17.7 Å². The molecule has 1 saturated carbocycles. The van der Waals surface area contributed by atoms with Gasteiger partial charge in [-0.25, -0.2) is 0 Å². The van der Waals surface area contributed by atoms with Crippen molar-refractivity contribution < 1.29 is 9.90 Å². The van der Waals surface area contributed by atoms with Crippen LogP contribution in [-0.4, -0.2) is 27.7 Å². The van der Waals surface area contributed by atoms with Gasteiger partial charge >= 0.3 is 5.97 Å². The van der Waals surface area contributed by atoms with E-state index in [1.165, 1.54) is 12.8 Å². The number of carboxylic acids is 1. The quantitative estimate of drug-likeness (QED) is 0.699. The Morgan fingerprint density at radius 2 is 2.14 bits per heavy atom. The van der Waals surface area contributed by atoms with Crippen LogP contribution in [0.15, 0.2) is 0 Å². The van der Waals surface area contributed by atoms with Crippen LogP contribution in [0.5, 0.6) is 0 Å².